The van der Waals surface area contributed by atoms with Gasteiger partial charge in [0.1, 0.15) is 5.75 Å². The van der Waals surface area contributed by atoms with Gasteiger partial charge in [0.15, 0.2) is 0 Å². The van der Waals surface area contributed by atoms with Crippen molar-refractivity contribution in [1.29, 1.82) is 0 Å². The van der Waals surface area contributed by atoms with Gasteiger partial charge in [0.2, 0.25) is 0 Å². The van der Waals surface area contributed by atoms with Crippen molar-refractivity contribution >= 4 is 5.97 Å². The molecule has 1 saturated heterocycles. The lowest BCUT2D eigenvalue weighted by Gasteiger charge is -2.34. The lowest BCUT2D eigenvalue weighted by atomic mass is 9.76. The van der Waals surface area contributed by atoms with E-state index in [1.54, 1.807) is 7.11 Å². The number of benzene rings is 1. The molecule has 4 heteroatoms. The second-order valence-corrected chi connectivity index (χ2v) is 7.89. The topological polar surface area (TPSA) is 49.8 Å². The van der Waals surface area contributed by atoms with Crippen molar-refractivity contribution in [3.05, 3.63) is 29.8 Å². The predicted octanol–water partition coefficient (Wildman–Crippen LogP) is 3.76. The number of carbonyl (C=O) groups is 1. The first-order valence-electron chi connectivity index (χ1n) is 9.05. The molecule has 1 saturated carbocycles. The molecule has 1 N–H and O–H groups in total. The Hall–Kier alpha value is -1.55. The fourth-order valence-corrected chi connectivity index (χ4v) is 4.44. The maximum absolute atomic E-state index is 12.1. The van der Waals surface area contributed by atoms with Crippen LogP contribution < -0.4 is 4.74 Å². The molecule has 1 heterocycles. The molecule has 1 aliphatic heterocycles. The Bertz CT molecular complexity index is 577. The molecule has 1 aromatic rings. The molecular weight excluding hydrogens is 302 g/mol. The minimum atomic E-state index is -0.725. The monoisotopic (exact) mass is 331 g/mol. The van der Waals surface area contributed by atoms with Gasteiger partial charge < -0.3 is 9.84 Å². The van der Waals surface area contributed by atoms with Gasteiger partial charge in [0.25, 0.3) is 0 Å². The number of rotatable bonds is 4. The Kier molecular flexibility index (Phi) is 4.86. The highest BCUT2D eigenvalue weighted by molar-refractivity contribution is 5.76. The first-order chi connectivity index (χ1) is 11.4. The highest BCUT2D eigenvalue weighted by Crippen LogP contribution is 2.45. The van der Waals surface area contributed by atoms with Crippen LogP contribution in [-0.4, -0.2) is 42.2 Å². The molecule has 0 aromatic heterocycles. The van der Waals surface area contributed by atoms with Crippen LogP contribution in [0.5, 0.6) is 5.75 Å². The largest absolute Gasteiger partial charge is 0.497 e. The van der Waals surface area contributed by atoms with Crippen molar-refractivity contribution in [2.75, 3.05) is 20.2 Å². The van der Waals surface area contributed by atoms with Crippen molar-refractivity contribution in [3.8, 4) is 5.75 Å². The molecule has 0 amide bonds. The second-order valence-electron chi connectivity index (χ2n) is 7.89. The summed E-state index contributed by atoms with van der Waals surface area (Å²) in [6, 6.07) is 8.46. The molecular formula is C20H29NO3. The molecule has 1 aromatic carbocycles. The molecule has 2 aliphatic rings. The maximum atomic E-state index is 12.1. The maximum Gasteiger partial charge on any atom is 0.311 e. The van der Waals surface area contributed by atoms with Crippen LogP contribution in [0.1, 0.15) is 51.0 Å². The molecule has 2 atom stereocenters. The number of carboxylic acid groups (broad SMARTS) is 1. The Balaban J connectivity index is 1.82. The summed E-state index contributed by atoms with van der Waals surface area (Å²) in [5, 5.41) is 9.91. The van der Waals surface area contributed by atoms with E-state index in [-0.39, 0.29) is 5.92 Å². The highest BCUT2D eigenvalue weighted by atomic mass is 16.5. The van der Waals surface area contributed by atoms with Crippen LogP contribution in [0.4, 0.5) is 0 Å². The summed E-state index contributed by atoms with van der Waals surface area (Å²) >= 11 is 0. The standard InChI is InChI=1S/C20H29NO3/c1-14-4-8-16(9-5-14)21-12-18(20(2,13-21)19(22)23)15-6-10-17(24-3)11-7-15/h6-7,10-11,14,16,18H,4-5,8-9,12-13H2,1-3H3,(H,22,23)/t14-,16-,18?,20?. The van der Waals surface area contributed by atoms with Crippen LogP contribution in [0.15, 0.2) is 24.3 Å². The van der Waals surface area contributed by atoms with E-state index in [2.05, 4.69) is 11.8 Å². The van der Waals surface area contributed by atoms with Gasteiger partial charge in [-0.05, 0) is 56.2 Å². The summed E-state index contributed by atoms with van der Waals surface area (Å²) in [4.78, 5) is 14.5. The van der Waals surface area contributed by atoms with Crippen molar-refractivity contribution < 1.29 is 14.6 Å². The molecule has 3 rings (SSSR count). The van der Waals surface area contributed by atoms with E-state index < -0.39 is 11.4 Å². The van der Waals surface area contributed by atoms with Gasteiger partial charge in [-0.15, -0.1) is 0 Å². The molecule has 0 spiro atoms. The highest BCUT2D eigenvalue weighted by Gasteiger charge is 2.50. The molecule has 132 valence electrons. The summed E-state index contributed by atoms with van der Waals surface area (Å²) in [5.41, 5.74) is 0.380. The van der Waals surface area contributed by atoms with Crippen LogP contribution in [0, 0.1) is 11.3 Å². The number of methoxy groups -OCH3 is 1. The van der Waals surface area contributed by atoms with E-state index in [1.807, 2.05) is 31.2 Å². The predicted molar refractivity (Wildman–Crippen MR) is 94.5 cm³/mol. The minimum absolute atomic E-state index is 0.0280. The average Bonchev–Trinajstić information content (AvgIpc) is 2.95. The number of carboxylic acids is 1. The number of ether oxygens (including phenoxy) is 1. The van der Waals surface area contributed by atoms with Gasteiger partial charge in [0, 0.05) is 25.0 Å². The quantitative estimate of drug-likeness (QED) is 0.912. The zero-order valence-electron chi connectivity index (χ0n) is 15.0. The first-order valence-corrected chi connectivity index (χ1v) is 9.05. The Morgan fingerprint density at radius 1 is 1.21 bits per heavy atom. The third kappa shape index (κ3) is 3.16. The molecule has 1 aliphatic carbocycles. The third-order valence-electron chi connectivity index (χ3n) is 6.23. The van der Waals surface area contributed by atoms with E-state index in [0.29, 0.717) is 12.6 Å². The van der Waals surface area contributed by atoms with Crippen molar-refractivity contribution in [2.24, 2.45) is 11.3 Å². The summed E-state index contributed by atoms with van der Waals surface area (Å²) in [7, 11) is 1.65. The smallest absolute Gasteiger partial charge is 0.311 e. The van der Waals surface area contributed by atoms with Crippen LogP contribution in [-0.2, 0) is 4.79 Å². The molecule has 24 heavy (non-hydrogen) atoms. The summed E-state index contributed by atoms with van der Waals surface area (Å²) in [5.74, 6) is 0.967. The Morgan fingerprint density at radius 3 is 2.38 bits per heavy atom. The molecule has 4 nitrogen and oxygen atoms in total. The van der Waals surface area contributed by atoms with Gasteiger partial charge in [-0.1, -0.05) is 19.1 Å². The van der Waals surface area contributed by atoms with E-state index in [1.165, 1.54) is 25.7 Å². The summed E-state index contributed by atoms with van der Waals surface area (Å²) in [6.07, 6.45) is 4.93. The van der Waals surface area contributed by atoms with Crippen LogP contribution in [0.2, 0.25) is 0 Å². The molecule has 0 bridgehead atoms. The fourth-order valence-electron chi connectivity index (χ4n) is 4.44. The van der Waals surface area contributed by atoms with E-state index in [9.17, 15) is 9.90 Å². The zero-order chi connectivity index (χ0) is 17.3. The van der Waals surface area contributed by atoms with Crippen molar-refractivity contribution in [1.82, 2.24) is 4.90 Å². The Labute approximate surface area is 144 Å². The fraction of sp³-hybridized carbons (Fsp3) is 0.650. The van der Waals surface area contributed by atoms with Crippen LogP contribution in [0.25, 0.3) is 0 Å². The number of likely N-dealkylation sites (tertiary alicyclic amines) is 1. The van der Waals surface area contributed by atoms with Crippen molar-refractivity contribution in [2.45, 2.75) is 51.5 Å². The number of aliphatic carboxylic acids is 1. The minimum Gasteiger partial charge on any atom is -0.497 e. The second kappa shape index (κ2) is 6.75. The number of hydrogen-bond acceptors (Lipinski definition) is 3. The van der Waals surface area contributed by atoms with E-state index in [0.717, 1.165) is 23.8 Å². The lowest BCUT2D eigenvalue weighted by Crippen LogP contribution is -2.39. The first kappa shape index (κ1) is 17.3. The SMILES string of the molecule is COc1ccc(C2CN([C@H]3CC[C@H](C)CC3)CC2(C)C(=O)O)cc1. The van der Waals surface area contributed by atoms with Gasteiger partial charge in [-0.2, -0.15) is 0 Å². The average molecular weight is 331 g/mol. The van der Waals surface area contributed by atoms with E-state index >= 15 is 0 Å². The van der Waals surface area contributed by atoms with Crippen LogP contribution in [0.3, 0.4) is 0 Å². The normalized spacial score (nSPS) is 34.2. The van der Waals surface area contributed by atoms with Crippen LogP contribution >= 0.6 is 0 Å². The molecule has 0 radical (unpaired) electrons. The third-order valence-corrected chi connectivity index (χ3v) is 6.23. The van der Waals surface area contributed by atoms with Gasteiger partial charge in [0.05, 0.1) is 12.5 Å². The lowest BCUT2D eigenvalue weighted by molar-refractivity contribution is -0.148. The van der Waals surface area contributed by atoms with Gasteiger partial charge >= 0.3 is 5.97 Å². The molecule has 2 fully saturated rings. The summed E-state index contributed by atoms with van der Waals surface area (Å²) in [6.45, 7) is 5.73. The van der Waals surface area contributed by atoms with Gasteiger partial charge in [-0.3, -0.25) is 9.69 Å². The Morgan fingerprint density at radius 2 is 1.83 bits per heavy atom. The number of nitrogens with zero attached hydrogens (tertiary/aromatic N) is 1. The van der Waals surface area contributed by atoms with Gasteiger partial charge in [-0.25, -0.2) is 0 Å². The van der Waals surface area contributed by atoms with E-state index in [4.69, 9.17) is 4.74 Å². The summed E-state index contributed by atoms with van der Waals surface area (Å²) < 4.78 is 5.23. The zero-order valence-corrected chi connectivity index (χ0v) is 15.0. The van der Waals surface area contributed by atoms with Crippen molar-refractivity contribution in [3.63, 3.8) is 0 Å². The number of hydrogen-bond donors (Lipinski definition) is 1. The molecule has 2 unspecified atom stereocenters.